The molecular formula is C46H28N2S. The molecule has 2 aromatic heterocycles. The highest BCUT2D eigenvalue weighted by Crippen LogP contribution is 2.40. The second-order valence-electron chi connectivity index (χ2n) is 12.6. The summed E-state index contributed by atoms with van der Waals surface area (Å²) in [6, 6.07) is 60.8. The lowest BCUT2D eigenvalue weighted by Gasteiger charge is -2.15. The van der Waals surface area contributed by atoms with Gasteiger partial charge in [0.15, 0.2) is 5.82 Å². The predicted octanol–water partition coefficient (Wildman–Crippen LogP) is 13.0. The molecular weight excluding hydrogens is 613 g/mol. The summed E-state index contributed by atoms with van der Waals surface area (Å²) in [5.41, 5.74) is 7.39. The Kier molecular flexibility index (Phi) is 6.39. The van der Waals surface area contributed by atoms with Crippen LogP contribution in [-0.4, -0.2) is 9.97 Å². The summed E-state index contributed by atoms with van der Waals surface area (Å²) in [4.78, 5) is 10.6. The van der Waals surface area contributed by atoms with Crippen molar-refractivity contribution < 1.29 is 0 Å². The molecule has 10 aromatic rings. The van der Waals surface area contributed by atoms with Crippen molar-refractivity contribution >= 4 is 63.8 Å². The van der Waals surface area contributed by atoms with Crippen molar-refractivity contribution in [3.8, 4) is 45.0 Å². The minimum absolute atomic E-state index is 0.729. The van der Waals surface area contributed by atoms with E-state index in [4.69, 9.17) is 9.97 Å². The number of rotatable bonds is 4. The number of hydrogen-bond acceptors (Lipinski definition) is 3. The fourth-order valence-electron chi connectivity index (χ4n) is 7.26. The minimum atomic E-state index is 0.729. The molecule has 0 unspecified atom stereocenters. The Morgan fingerprint density at radius 2 is 0.939 bits per heavy atom. The third-order valence-electron chi connectivity index (χ3n) is 9.68. The van der Waals surface area contributed by atoms with E-state index in [1.807, 2.05) is 17.4 Å². The normalized spacial score (nSPS) is 11.7. The largest absolute Gasteiger partial charge is 0.228 e. The van der Waals surface area contributed by atoms with Crippen molar-refractivity contribution in [2.45, 2.75) is 0 Å². The van der Waals surface area contributed by atoms with Gasteiger partial charge < -0.3 is 0 Å². The molecule has 228 valence electrons. The lowest BCUT2D eigenvalue weighted by Crippen LogP contribution is -1.97. The molecule has 0 spiro atoms. The summed E-state index contributed by atoms with van der Waals surface area (Å²) in [6.07, 6.45) is 0. The van der Waals surface area contributed by atoms with Crippen LogP contribution in [0.1, 0.15) is 0 Å². The SMILES string of the molecule is c1ccc(-c2cc(-c3ccc(-c4ccc5sc6ccccc6c5c4)cc3)nc(-c3c4ccccc4cc4c3ccc3ccccc34)n2)cc1. The highest BCUT2D eigenvalue weighted by Gasteiger charge is 2.17. The van der Waals surface area contributed by atoms with Crippen molar-refractivity contribution in [3.05, 3.63) is 170 Å². The van der Waals surface area contributed by atoms with Crippen LogP contribution in [0.15, 0.2) is 170 Å². The van der Waals surface area contributed by atoms with Crippen molar-refractivity contribution in [1.29, 1.82) is 0 Å². The first-order chi connectivity index (χ1) is 24.3. The summed E-state index contributed by atoms with van der Waals surface area (Å²) in [5, 5.41) is 9.77. The molecule has 0 aliphatic rings. The Morgan fingerprint density at radius 1 is 0.327 bits per heavy atom. The van der Waals surface area contributed by atoms with Crippen LogP contribution in [0.3, 0.4) is 0 Å². The van der Waals surface area contributed by atoms with Crippen molar-refractivity contribution in [1.82, 2.24) is 9.97 Å². The Hall–Kier alpha value is -6.16. The van der Waals surface area contributed by atoms with Gasteiger partial charge in [0.1, 0.15) is 0 Å². The van der Waals surface area contributed by atoms with Crippen LogP contribution in [-0.2, 0) is 0 Å². The summed E-state index contributed by atoms with van der Waals surface area (Å²) in [5.74, 6) is 0.729. The zero-order chi connectivity index (χ0) is 32.3. The lowest BCUT2D eigenvalue weighted by atomic mass is 9.92. The Labute approximate surface area is 287 Å². The first-order valence-corrected chi connectivity index (χ1v) is 17.4. The van der Waals surface area contributed by atoms with Crippen LogP contribution in [0.5, 0.6) is 0 Å². The highest BCUT2D eigenvalue weighted by atomic mass is 32.1. The Bertz CT molecular complexity index is 2870. The molecule has 3 heteroatoms. The molecule has 0 amide bonds. The van der Waals surface area contributed by atoms with Gasteiger partial charge in [-0.05, 0) is 73.8 Å². The van der Waals surface area contributed by atoms with E-state index in [0.717, 1.165) is 44.7 Å². The van der Waals surface area contributed by atoms with E-state index in [2.05, 4.69) is 164 Å². The number of aromatic nitrogens is 2. The molecule has 0 aliphatic heterocycles. The molecule has 10 rings (SSSR count). The topological polar surface area (TPSA) is 25.8 Å². The van der Waals surface area contributed by atoms with Crippen LogP contribution in [0.25, 0.3) is 97.5 Å². The van der Waals surface area contributed by atoms with Gasteiger partial charge in [-0.2, -0.15) is 0 Å². The van der Waals surface area contributed by atoms with Gasteiger partial charge in [0.05, 0.1) is 11.4 Å². The molecule has 0 aliphatic carbocycles. The van der Waals surface area contributed by atoms with Crippen molar-refractivity contribution in [3.63, 3.8) is 0 Å². The second-order valence-corrected chi connectivity index (χ2v) is 13.7. The van der Waals surface area contributed by atoms with Crippen LogP contribution in [0.4, 0.5) is 0 Å². The van der Waals surface area contributed by atoms with E-state index in [0.29, 0.717) is 0 Å². The molecule has 0 atom stereocenters. The third-order valence-corrected chi connectivity index (χ3v) is 10.8. The van der Waals surface area contributed by atoms with E-state index in [1.54, 1.807) is 0 Å². The van der Waals surface area contributed by atoms with Crippen molar-refractivity contribution in [2.75, 3.05) is 0 Å². The Balaban J connectivity index is 1.16. The van der Waals surface area contributed by atoms with Gasteiger partial charge in [0.25, 0.3) is 0 Å². The first-order valence-electron chi connectivity index (χ1n) is 16.6. The van der Waals surface area contributed by atoms with E-state index < -0.39 is 0 Å². The zero-order valence-electron chi connectivity index (χ0n) is 26.5. The van der Waals surface area contributed by atoms with Gasteiger partial charge in [-0.15, -0.1) is 11.3 Å². The van der Waals surface area contributed by atoms with E-state index in [-0.39, 0.29) is 0 Å². The van der Waals surface area contributed by atoms with Gasteiger partial charge in [0, 0.05) is 36.9 Å². The second kappa shape index (κ2) is 11.2. The molecule has 0 N–H and O–H groups in total. The number of nitrogens with zero attached hydrogens (tertiary/aromatic N) is 2. The maximum Gasteiger partial charge on any atom is 0.161 e. The fraction of sp³-hybridized carbons (Fsp3) is 0. The third kappa shape index (κ3) is 4.70. The summed E-state index contributed by atoms with van der Waals surface area (Å²) in [6.45, 7) is 0. The van der Waals surface area contributed by atoms with Gasteiger partial charge in [0.2, 0.25) is 0 Å². The Morgan fingerprint density at radius 3 is 1.76 bits per heavy atom. The average molecular weight is 641 g/mol. The first kappa shape index (κ1) is 27.9. The quantitative estimate of drug-likeness (QED) is 0.141. The summed E-state index contributed by atoms with van der Waals surface area (Å²) < 4.78 is 2.64. The molecule has 49 heavy (non-hydrogen) atoms. The summed E-state index contributed by atoms with van der Waals surface area (Å²) >= 11 is 1.85. The number of fused-ring (bicyclic) bond motifs is 7. The van der Waals surface area contributed by atoms with Crippen LogP contribution in [0.2, 0.25) is 0 Å². The van der Waals surface area contributed by atoms with Crippen molar-refractivity contribution in [2.24, 2.45) is 0 Å². The fourth-order valence-corrected chi connectivity index (χ4v) is 8.35. The van der Waals surface area contributed by atoms with E-state index >= 15 is 0 Å². The molecule has 2 heterocycles. The van der Waals surface area contributed by atoms with E-state index in [1.165, 1.54) is 52.8 Å². The van der Waals surface area contributed by atoms with Gasteiger partial charge >= 0.3 is 0 Å². The minimum Gasteiger partial charge on any atom is -0.228 e. The molecule has 0 saturated heterocycles. The summed E-state index contributed by atoms with van der Waals surface area (Å²) in [7, 11) is 0. The zero-order valence-corrected chi connectivity index (χ0v) is 27.3. The number of benzene rings is 8. The van der Waals surface area contributed by atoms with Crippen LogP contribution < -0.4 is 0 Å². The number of hydrogen-bond donors (Lipinski definition) is 0. The monoisotopic (exact) mass is 640 g/mol. The maximum atomic E-state index is 5.34. The van der Waals surface area contributed by atoms with Gasteiger partial charge in [-0.25, -0.2) is 9.97 Å². The molecule has 0 saturated carbocycles. The maximum absolute atomic E-state index is 5.34. The van der Waals surface area contributed by atoms with Crippen LogP contribution in [0, 0.1) is 0 Å². The molecule has 2 nitrogen and oxygen atoms in total. The van der Waals surface area contributed by atoms with Crippen LogP contribution >= 0.6 is 11.3 Å². The standard InChI is InChI=1S/C46H28N2S/c1-2-11-31(12-3-1)41-28-42(32-20-18-29(19-21-32)33-23-25-44-40(26-33)37-16-8-9-17-43(37)49-44)48-46(47-41)45-36-15-7-5-13-34(36)27-39-35-14-6-4-10-30(35)22-24-38(39)45/h1-28H. The van der Waals surface area contributed by atoms with Gasteiger partial charge in [-0.1, -0.05) is 140 Å². The predicted molar refractivity (Wildman–Crippen MR) is 209 cm³/mol. The van der Waals surface area contributed by atoms with E-state index in [9.17, 15) is 0 Å². The molecule has 0 bridgehead atoms. The lowest BCUT2D eigenvalue weighted by molar-refractivity contribution is 1.19. The molecule has 0 fully saturated rings. The number of thiophene rings is 1. The molecule has 8 aromatic carbocycles. The smallest absolute Gasteiger partial charge is 0.161 e. The molecule has 0 radical (unpaired) electrons. The average Bonchev–Trinajstić information content (AvgIpc) is 3.55. The highest BCUT2D eigenvalue weighted by molar-refractivity contribution is 7.25. The van der Waals surface area contributed by atoms with Gasteiger partial charge in [-0.3, -0.25) is 0 Å².